The molecular weight excluding hydrogens is 576 g/mol. The number of amides is 1. The molecule has 46 heavy (non-hydrogen) atoms. The minimum absolute atomic E-state index is 0.209. The Bertz CT molecular complexity index is 585. The summed E-state index contributed by atoms with van der Waals surface area (Å²) in [6.45, 7) is 12.0. The number of alkyl carbamates (subject to hydrolysis) is 1. The molecule has 1 unspecified atom stereocenters. The molecule has 0 aromatic heterocycles. The zero-order valence-corrected chi connectivity index (χ0v) is 30.8. The first kappa shape index (κ1) is 45.1. The second-order valence-corrected chi connectivity index (χ2v) is 13.2. The molecule has 0 aromatic carbocycles. The number of ether oxygens (including phenoxy) is 3. The predicted molar refractivity (Wildman–Crippen MR) is 197 cm³/mol. The summed E-state index contributed by atoms with van der Waals surface area (Å²) >= 11 is 0. The summed E-state index contributed by atoms with van der Waals surface area (Å²) < 4.78 is 17.6. The molecule has 0 saturated heterocycles. The van der Waals surface area contributed by atoms with Crippen molar-refractivity contribution in [3.05, 3.63) is 0 Å². The van der Waals surface area contributed by atoms with Crippen LogP contribution >= 0.6 is 0 Å². The van der Waals surface area contributed by atoms with Crippen LogP contribution in [0.5, 0.6) is 0 Å². The van der Waals surface area contributed by atoms with Crippen molar-refractivity contribution in [3.8, 4) is 0 Å². The summed E-state index contributed by atoms with van der Waals surface area (Å²) in [5, 5.41) is 9.73. The fraction of sp³-hybridized carbons (Fsp3) is 0.974. The van der Waals surface area contributed by atoms with E-state index in [0.29, 0.717) is 19.8 Å². The van der Waals surface area contributed by atoms with Crippen molar-refractivity contribution >= 4 is 6.09 Å². The van der Waals surface area contributed by atoms with Crippen LogP contribution in [0.4, 0.5) is 4.79 Å². The summed E-state index contributed by atoms with van der Waals surface area (Å²) in [4.78, 5) is 12.3. The average molecular weight is 657 g/mol. The van der Waals surface area contributed by atoms with Gasteiger partial charge in [-0.2, -0.15) is 0 Å². The summed E-state index contributed by atoms with van der Waals surface area (Å²) in [5.41, 5.74) is 5.50. The molecule has 0 aromatic rings. The highest BCUT2D eigenvalue weighted by Crippen LogP contribution is 2.12. The number of carbonyl (C=O) groups is 1. The second-order valence-electron chi connectivity index (χ2n) is 13.2. The quantitative estimate of drug-likeness (QED) is 0.0491. The maximum Gasteiger partial charge on any atom is 0.407 e. The summed E-state index contributed by atoms with van der Waals surface area (Å²) in [5.74, 6) is 0. The van der Waals surface area contributed by atoms with E-state index in [9.17, 15) is 4.79 Å². The van der Waals surface area contributed by atoms with E-state index >= 15 is 0 Å². The number of carbonyl (C=O) groups excluding carboxylic acids is 1. The van der Waals surface area contributed by atoms with Gasteiger partial charge in [0.05, 0.1) is 6.61 Å². The van der Waals surface area contributed by atoms with E-state index < -0.39 is 0 Å². The van der Waals surface area contributed by atoms with Crippen LogP contribution in [0.25, 0.3) is 0 Å². The summed E-state index contributed by atoms with van der Waals surface area (Å²) in [6.07, 6.45) is 29.8. The van der Waals surface area contributed by atoms with Gasteiger partial charge in [0.1, 0.15) is 12.7 Å². The Hall–Kier alpha value is -0.930. The van der Waals surface area contributed by atoms with Crippen LogP contribution in [0.15, 0.2) is 0 Å². The topological polar surface area (TPSA) is 107 Å². The van der Waals surface area contributed by atoms with Gasteiger partial charge >= 0.3 is 6.09 Å². The Labute approximate surface area is 286 Å². The van der Waals surface area contributed by atoms with Crippen molar-refractivity contribution in [1.29, 1.82) is 0 Å². The molecule has 1 amide bonds. The monoisotopic (exact) mass is 657 g/mol. The molecule has 0 fully saturated rings. The second kappa shape index (κ2) is 40.2. The number of unbranched alkanes of at least 4 members (excludes halogenated alkanes) is 19. The SMILES string of the molecule is CCCCCCCCCCCCOCC(COC(=O)NCCCNCCCCNCCCN)OCCCCCCCCCCCC. The van der Waals surface area contributed by atoms with Gasteiger partial charge in [0.2, 0.25) is 0 Å². The molecule has 276 valence electrons. The van der Waals surface area contributed by atoms with Crippen LogP contribution in [0.1, 0.15) is 168 Å². The number of rotatable bonds is 39. The molecular formula is C38H80N4O4. The highest BCUT2D eigenvalue weighted by atomic mass is 16.6. The fourth-order valence-electron chi connectivity index (χ4n) is 5.49. The molecule has 0 spiro atoms. The number of nitrogens with two attached hydrogens (primary N) is 1. The lowest BCUT2D eigenvalue weighted by Crippen LogP contribution is -2.33. The first-order chi connectivity index (χ1) is 22.7. The highest BCUT2D eigenvalue weighted by Gasteiger charge is 2.13. The Balaban J connectivity index is 4.03. The normalized spacial score (nSPS) is 12.1. The Kier molecular flexibility index (Phi) is 39.4. The number of hydrogen-bond donors (Lipinski definition) is 4. The van der Waals surface area contributed by atoms with Gasteiger partial charge in [-0.05, 0) is 71.2 Å². The van der Waals surface area contributed by atoms with Gasteiger partial charge in [0.15, 0.2) is 0 Å². The molecule has 0 aliphatic carbocycles. The fourth-order valence-corrected chi connectivity index (χ4v) is 5.49. The van der Waals surface area contributed by atoms with E-state index in [1.54, 1.807) is 0 Å². The van der Waals surface area contributed by atoms with Gasteiger partial charge in [-0.1, -0.05) is 129 Å². The Morgan fingerprint density at radius 2 is 0.978 bits per heavy atom. The van der Waals surface area contributed by atoms with E-state index in [4.69, 9.17) is 19.9 Å². The van der Waals surface area contributed by atoms with Gasteiger partial charge in [0.25, 0.3) is 0 Å². The minimum atomic E-state index is -0.370. The zero-order chi connectivity index (χ0) is 33.4. The summed E-state index contributed by atoms with van der Waals surface area (Å²) in [7, 11) is 0. The van der Waals surface area contributed by atoms with Crippen molar-refractivity contribution in [1.82, 2.24) is 16.0 Å². The maximum atomic E-state index is 12.3. The van der Waals surface area contributed by atoms with E-state index in [1.165, 1.54) is 116 Å². The Morgan fingerprint density at radius 3 is 1.50 bits per heavy atom. The zero-order valence-electron chi connectivity index (χ0n) is 30.8. The highest BCUT2D eigenvalue weighted by molar-refractivity contribution is 5.67. The average Bonchev–Trinajstić information content (AvgIpc) is 3.06. The van der Waals surface area contributed by atoms with E-state index in [1.807, 2.05) is 0 Å². The smallest absolute Gasteiger partial charge is 0.407 e. The lowest BCUT2D eigenvalue weighted by atomic mass is 10.1. The number of nitrogens with one attached hydrogen (secondary N) is 3. The predicted octanol–water partition coefficient (Wildman–Crippen LogP) is 8.65. The molecule has 0 saturated carbocycles. The molecule has 0 aliphatic heterocycles. The van der Waals surface area contributed by atoms with Crippen LogP contribution in [-0.2, 0) is 14.2 Å². The van der Waals surface area contributed by atoms with E-state index in [2.05, 4.69) is 29.8 Å². The number of hydrogen-bond acceptors (Lipinski definition) is 7. The third-order valence-corrected chi connectivity index (χ3v) is 8.51. The molecule has 0 radical (unpaired) electrons. The Morgan fingerprint density at radius 1 is 0.522 bits per heavy atom. The first-order valence-electron chi connectivity index (χ1n) is 20.0. The largest absolute Gasteiger partial charge is 0.447 e. The molecule has 0 bridgehead atoms. The van der Waals surface area contributed by atoms with Gasteiger partial charge < -0.3 is 35.9 Å². The van der Waals surface area contributed by atoms with Gasteiger partial charge in [-0.25, -0.2) is 4.79 Å². The molecule has 8 heteroatoms. The van der Waals surface area contributed by atoms with Gasteiger partial charge in [0, 0.05) is 19.8 Å². The van der Waals surface area contributed by atoms with Crippen molar-refractivity contribution in [2.75, 3.05) is 65.7 Å². The van der Waals surface area contributed by atoms with Gasteiger partial charge in [-0.15, -0.1) is 0 Å². The van der Waals surface area contributed by atoms with Gasteiger partial charge in [-0.3, -0.25) is 0 Å². The molecule has 1 atom stereocenters. The molecule has 8 nitrogen and oxygen atoms in total. The third kappa shape index (κ3) is 37.5. The van der Waals surface area contributed by atoms with Crippen molar-refractivity contribution in [2.45, 2.75) is 174 Å². The minimum Gasteiger partial charge on any atom is -0.447 e. The van der Waals surface area contributed by atoms with Crippen LogP contribution < -0.4 is 21.7 Å². The van der Waals surface area contributed by atoms with Crippen LogP contribution in [0.2, 0.25) is 0 Å². The van der Waals surface area contributed by atoms with E-state index in [0.717, 1.165) is 77.9 Å². The van der Waals surface area contributed by atoms with Crippen molar-refractivity contribution < 1.29 is 19.0 Å². The maximum absolute atomic E-state index is 12.3. The summed E-state index contributed by atoms with van der Waals surface area (Å²) in [6, 6.07) is 0. The third-order valence-electron chi connectivity index (χ3n) is 8.51. The molecule has 5 N–H and O–H groups in total. The molecule has 0 rings (SSSR count). The lowest BCUT2D eigenvalue weighted by Gasteiger charge is -2.18. The first-order valence-corrected chi connectivity index (χ1v) is 20.0. The van der Waals surface area contributed by atoms with Crippen LogP contribution in [0.3, 0.4) is 0 Å². The van der Waals surface area contributed by atoms with Crippen LogP contribution in [0, 0.1) is 0 Å². The molecule has 0 aliphatic rings. The molecule has 0 heterocycles. The van der Waals surface area contributed by atoms with E-state index in [-0.39, 0.29) is 18.8 Å². The van der Waals surface area contributed by atoms with Crippen molar-refractivity contribution in [2.24, 2.45) is 5.73 Å². The van der Waals surface area contributed by atoms with Crippen LogP contribution in [-0.4, -0.2) is 77.9 Å². The standard InChI is InChI=1S/C38H80N4O4/c1-3-5-7-9-11-13-15-17-19-23-33-44-35-37(45-34-24-20-18-16-14-12-10-8-6-4-2)36-46-38(43)42-32-26-31-41-29-22-21-28-40-30-25-27-39/h37,40-41H,3-36,39H2,1-2H3,(H,42,43). The lowest BCUT2D eigenvalue weighted by molar-refractivity contribution is -0.0468. The van der Waals surface area contributed by atoms with Crippen molar-refractivity contribution in [3.63, 3.8) is 0 Å².